The predicted octanol–water partition coefficient (Wildman–Crippen LogP) is 4.77. The van der Waals surface area contributed by atoms with E-state index in [1.54, 1.807) is 7.11 Å². The number of aliphatic hydroxyl groups excluding tert-OH is 1. The summed E-state index contributed by atoms with van der Waals surface area (Å²) < 4.78 is 11.9. The Bertz CT molecular complexity index is 1790. The molecule has 0 bridgehead atoms. The largest absolute Gasteiger partial charge is 0.497 e. The number of nitrogens with zero attached hydrogens (tertiary/aromatic N) is 6. The van der Waals surface area contributed by atoms with Crippen molar-refractivity contribution in [1.29, 1.82) is 0 Å². The first-order chi connectivity index (χ1) is 18.4. The number of hydrogen-bond donors (Lipinski definition) is 1. The van der Waals surface area contributed by atoms with Crippen LogP contribution < -0.4 is 4.74 Å². The molecule has 6 rings (SSSR count). The van der Waals surface area contributed by atoms with Crippen molar-refractivity contribution in [3.05, 3.63) is 72.7 Å². The highest BCUT2D eigenvalue weighted by molar-refractivity contribution is 6.07. The molecule has 1 atom stereocenters. The van der Waals surface area contributed by atoms with Gasteiger partial charge in [-0.05, 0) is 56.9 Å². The number of pyridine rings is 1. The Morgan fingerprint density at radius 3 is 2.63 bits per heavy atom. The number of ether oxygens (including phenoxy) is 1. The molecule has 38 heavy (non-hydrogen) atoms. The Labute approximate surface area is 221 Å². The fourth-order valence-corrected chi connectivity index (χ4v) is 5.53. The molecule has 0 saturated carbocycles. The van der Waals surface area contributed by atoms with Gasteiger partial charge >= 0.3 is 0 Å². The summed E-state index contributed by atoms with van der Waals surface area (Å²) in [6.07, 6.45) is 5.39. The van der Waals surface area contributed by atoms with Crippen molar-refractivity contribution in [3.8, 4) is 22.7 Å². The molecule has 0 aliphatic carbocycles. The van der Waals surface area contributed by atoms with E-state index in [0.717, 1.165) is 61.1 Å². The zero-order valence-corrected chi connectivity index (χ0v) is 22.4. The molecule has 0 saturated heterocycles. The maximum atomic E-state index is 10.8. The average Bonchev–Trinajstić information content (AvgIpc) is 3.56. The van der Waals surface area contributed by atoms with E-state index < -0.39 is 6.10 Å². The fraction of sp³-hybridized carbons (Fsp3) is 0.267. The van der Waals surface area contributed by atoms with Gasteiger partial charge in [0.05, 0.1) is 36.3 Å². The molecule has 4 aromatic heterocycles. The second-order valence-corrected chi connectivity index (χ2v) is 10.2. The van der Waals surface area contributed by atoms with Gasteiger partial charge in [-0.3, -0.25) is 9.25 Å². The molecule has 6 aromatic rings. The van der Waals surface area contributed by atoms with Crippen LogP contribution in [0.3, 0.4) is 0 Å². The highest BCUT2D eigenvalue weighted by Gasteiger charge is 2.22. The van der Waals surface area contributed by atoms with Crippen molar-refractivity contribution in [2.75, 3.05) is 27.7 Å². The molecule has 0 radical (unpaired) electrons. The van der Waals surface area contributed by atoms with Crippen molar-refractivity contribution in [2.24, 2.45) is 7.05 Å². The molecule has 8 nitrogen and oxygen atoms in total. The first kappa shape index (κ1) is 24.2. The lowest BCUT2D eigenvalue weighted by atomic mass is 10.1. The number of para-hydroxylation sites is 1. The summed E-state index contributed by atoms with van der Waals surface area (Å²) in [7, 11) is 7.60. The topological polar surface area (TPSA) is 73.3 Å². The summed E-state index contributed by atoms with van der Waals surface area (Å²) in [5.41, 5.74) is 7.26. The van der Waals surface area contributed by atoms with E-state index in [1.165, 1.54) is 0 Å². The van der Waals surface area contributed by atoms with E-state index in [2.05, 4.69) is 69.8 Å². The Morgan fingerprint density at radius 2 is 1.87 bits per heavy atom. The van der Waals surface area contributed by atoms with Crippen molar-refractivity contribution in [2.45, 2.75) is 19.6 Å². The monoisotopic (exact) mass is 508 g/mol. The third-order valence-corrected chi connectivity index (χ3v) is 7.23. The van der Waals surface area contributed by atoms with Crippen LogP contribution in [-0.4, -0.2) is 67.8 Å². The number of fused-ring (bicyclic) bond motifs is 4. The van der Waals surface area contributed by atoms with Gasteiger partial charge < -0.3 is 19.3 Å². The van der Waals surface area contributed by atoms with Gasteiger partial charge in [-0.1, -0.05) is 18.2 Å². The van der Waals surface area contributed by atoms with Crippen LogP contribution in [0.1, 0.15) is 5.56 Å². The van der Waals surface area contributed by atoms with Crippen LogP contribution >= 0.6 is 0 Å². The lowest BCUT2D eigenvalue weighted by molar-refractivity contribution is 0.121. The van der Waals surface area contributed by atoms with Gasteiger partial charge in [-0.25, -0.2) is 4.98 Å². The maximum absolute atomic E-state index is 10.8. The minimum absolute atomic E-state index is 0.482. The van der Waals surface area contributed by atoms with Gasteiger partial charge in [-0.15, -0.1) is 0 Å². The number of rotatable bonds is 7. The van der Waals surface area contributed by atoms with E-state index >= 15 is 0 Å². The van der Waals surface area contributed by atoms with Crippen LogP contribution in [-0.2, 0) is 13.6 Å². The lowest BCUT2D eigenvalue weighted by Gasteiger charge is -2.17. The zero-order valence-electron chi connectivity index (χ0n) is 22.4. The Hall–Kier alpha value is -4.14. The van der Waals surface area contributed by atoms with Crippen LogP contribution in [0.25, 0.3) is 49.8 Å². The summed E-state index contributed by atoms with van der Waals surface area (Å²) in [4.78, 5) is 6.92. The Kier molecular flexibility index (Phi) is 5.93. The van der Waals surface area contributed by atoms with Crippen molar-refractivity contribution in [3.63, 3.8) is 0 Å². The van der Waals surface area contributed by atoms with Crippen LogP contribution in [0.5, 0.6) is 5.75 Å². The van der Waals surface area contributed by atoms with Gasteiger partial charge in [0.25, 0.3) is 0 Å². The summed E-state index contributed by atoms with van der Waals surface area (Å²) in [6.45, 7) is 3.18. The summed E-state index contributed by atoms with van der Waals surface area (Å²) in [6, 6.07) is 16.7. The van der Waals surface area contributed by atoms with E-state index in [4.69, 9.17) is 9.72 Å². The molecular formula is C30H32N6O2. The molecule has 1 N–H and O–H groups in total. The molecule has 0 fully saturated rings. The van der Waals surface area contributed by atoms with Gasteiger partial charge in [0.2, 0.25) is 0 Å². The summed E-state index contributed by atoms with van der Waals surface area (Å²) in [5.74, 6) is 0.788. The highest BCUT2D eigenvalue weighted by Crippen LogP contribution is 2.39. The molecule has 8 heteroatoms. The SMILES string of the molecule is COc1ccc2c(c1)c(-c1cc3c4c(cnc3n1-c1ccccc1C)cnn4C)cn2CC(O)CN(C)C. The van der Waals surface area contributed by atoms with E-state index in [1.807, 2.05) is 49.2 Å². The number of aliphatic hydroxyl groups is 1. The fourth-order valence-electron chi connectivity index (χ4n) is 5.53. The molecule has 0 aliphatic heterocycles. The Morgan fingerprint density at radius 1 is 1.05 bits per heavy atom. The predicted molar refractivity (Wildman–Crippen MR) is 152 cm³/mol. The van der Waals surface area contributed by atoms with Gasteiger partial charge in [-0.2, -0.15) is 5.10 Å². The van der Waals surface area contributed by atoms with Crippen LogP contribution in [0.4, 0.5) is 0 Å². The maximum Gasteiger partial charge on any atom is 0.147 e. The van der Waals surface area contributed by atoms with E-state index in [0.29, 0.717) is 13.1 Å². The standard InChI is InChI=1S/C30H32N6O2/c1-19-8-6-7-9-26(19)36-28(13-24-29-20(14-31-30(24)36)15-32-34(29)4)25-18-35(17-21(37)16-33(2)3)27-11-10-22(38-5)12-23(25)27/h6-15,18,21,37H,16-17H2,1-5H3. The number of benzene rings is 2. The zero-order chi connectivity index (χ0) is 26.6. The lowest BCUT2D eigenvalue weighted by Crippen LogP contribution is -2.29. The van der Waals surface area contributed by atoms with Crippen molar-refractivity contribution in [1.82, 2.24) is 28.8 Å². The molecule has 2 aromatic carbocycles. The van der Waals surface area contributed by atoms with Crippen molar-refractivity contribution < 1.29 is 9.84 Å². The molecule has 0 spiro atoms. The molecule has 194 valence electrons. The minimum atomic E-state index is -0.506. The molecule has 4 heterocycles. The molecular weight excluding hydrogens is 476 g/mol. The normalized spacial score (nSPS) is 12.8. The second-order valence-electron chi connectivity index (χ2n) is 10.2. The smallest absolute Gasteiger partial charge is 0.147 e. The van der Waals surface area contributed by atoms with E-state index in [-0.39, 0.29) is 0 Å². The quantitative estimate of drug-likeness (QED) is 0.336. The third kappa shape index (κ3) is 3.93. The average molecular weight is 509 g/mol. The van der Waals surface area contributed by atoms with Gasteiger partial charge in [0, 0.05) is 59.8 Å². The highest BCUT2D eigenvalue weighted by atomic mass is 16.5. The first-order valence-electron chi connectivity index (χ1n) is 12.7. The summed E-state index contributed by atoms with van der Waals surface area (Å²) >= 11 is 0. The second kappa shape index (κ2) is 9.31. The minimum Gasteiger partial charge on any atom is -0.497 e. The van der Waals surface area contributed by atoms with Crippen LogP contribution in [0.15, 0.2) is 67.1 Å². The molecule has 0 aliphatic rings. The summed E-state index contributed by atoms with van der Waals surface area (Å²) in [5, 5.41) is 18.4. The number of hydrogen-bond acceptors (Lipinski definition) is 5. The van der Waals surface area contributed by atoms with Crippen LogP contribution in [0.2, 0.25) is 0 Å². The van der Waals surface area contributed by atoms with E-state index in [9.17, 15) is 5.11 Å². The molecule has 0 amide bonds. The van der Waals surface area contributed by atoms with Crippen molar-refractivity contribution >= 4 is 32.8 Å². The number of methoxy groups -OCH3 is 1. The number of aromatic nitrogens is 5. The van der Waals surface area contributed by atoms with Gasteiger partial charge in [0.1, 0.15) is 11.4 Å². The number of likely N-dealkylation sites (N-methyl/N-ethyl adjacent to an activating group) is 1. The molecule has 1 unspecified atom stereocenters. The third-order valence-electron chi connectivity index (χ3n) is 7.23. The number of aryl methyl sites for hydroxylation is 2. The van der Waals surface area contributed by atoms with Gasteiger partial charge in [0.15, 0.2) is 0 Å². The first-order valence-corrected chi connectivity index (χ1v) is 12.7. The Balaban J connectivity index is 1.67. The van der Waals surface area contributed by atoms with Crippen LogP contribution in [0, 0.1) is 6.92 Å².